The lowest BCUT2D eigenvalue weighted by molar-refractivity contribution is -0.122. The highest BCUT2D eigenvalue weighted by molar-refractivity contribution is 5.81. The van der Waals surface area contributed by atoms with Gasteiger partial charge in [-0.1, -0.05) is 13.8 Å². The summed E-state index contributed by atoms with van der Waals surface area (Å²) in [6.45, 7) is 9.43. The fourth-order valence-corrected chi connectivity index (χ4v) is 1.35. The van der Waals surface area contributed by atoms with Gasteiger partial charge in [0.25, 0.3) is 0 Å². The standard InChI is InChI=1S/C12H26N2O2/c1-9(2)8-11(13)12(15)14-6-5-7-16-10(3)4/h9-11H,5-8,13H2,1-4H3,(H,14,15). The van der Waals surface area contributed by atoms with Gasteiger partial charge in [-0.3, -0.25) is 4.79 Å². The Hall–Kier alpha value is -0.610. The highest BCUT2D eigenvalue weighted by Crippen LogP contribution is 2.02. The van der Waals surface area contributed by atoms with Gasteiger partial charge in [0.2, 0.25) is 5.91 Å². The van der Waals surface area contributed by atoms with Gasteiger partial charge in [0.15, 0.2) is 0 Å². The van der Waals surface area contributed by atoms with Crippen molar-refractivity contribution in [2.45, 2.75) is 52.7 Å². The van der Waals surface area contributed by atoms with Crippen molar-refractivity contribution < 1.29 is 9.53 Å². The Bertz CT molecular complexity index is 193. The van der Waals surface area contributed by atoms with E-state index in [0.29, 0.717) is 19.1 Å². The first kappa shape index (κ1) is 15.4. The third kappa shape index (κ3) is 8.68. The lowest BCUT2D eigenvalue weighted by Gasteiger charge is -2.14. The second-order valence-corrected chi connectivity index (χ2v) is 4.80. The molecule has 4 nitrogen and oxygen atoms in total. The van der Waals surface area contributed by atoms with Crippen LogP contribution in [0.25, 0.3) is 0 Å². The van der Waals surface area contributed by atoms with Crippen LogP contribution in [0.5, 0.6) is 0 Å². The van der Waals surface area contributed by atoms with E-state index in [1.807, 2.05) is 13.8 Å². The average Bonchev–Trinajstić information content (AvgIpc) is 2.15. The van der Waals surface area contributed by atoms with E-state index < -0.39 is 0 Å². The zero-order valence-electron chi connectivity index (χ0n) is 11.0. The molecule has 0 aliphatic rings. The molecule has 0 spiro atoms. The van der Waals surface area contributed by atoms with Crippen molar-refractivity contribution in [3.63, 3.8) is 0 Å². The maximum absolute atomic E-state index is 11.5. The molecule has 0 radical (unpaired) electrons. The fourth-order valence-electron chi connectivity index (χ4n) is 1.35. The second-order valence-electron chi connectivity index (χ2n) is 4.80. The lowest BCUT2D eigenvalue weighted by Crippen LogP contribution is -2.41. The number of rotatable bonds is 8. The Morgan fingerprint density at radius 1 is 1.31 bits per heavy atom. The highest BCUT2D eigenvalue weighted by Gasteiger charge is 2.13. The van der Waals surface area contributed by atoms with Crippen LogP contribution in [0.4, 0.5) is 0 Å². The Balaban J connectivity index is 3.50. The Kier molecular flexibility index (Phi) is 8.21. The van der Waals surface area contributed by atoms with E-state index in [-0.39, 0.29) is 18.1 Å². The summed E-state index contributed by atoms with van der Waals surface area (Å²) in [5.41, 5.74) is 5.74. The van der Waals surface area contributed by atoms with Crippen molar-refractivity contribution in [1.82, 2.24) is 5.32 Å². The number of ether oxygens (including phenoxy) is 1. The molecule has 1 atom stereocenters. The Morgan fingerprint density at radius 3 is 2.44 bits per heavy atom. The van der Waals surface area contributed by atoms with Gasteiger partial charge in [0, 0.05) is 13.2 Å². The van der Waals surface area contributed by atoms with Gasteiger partial charge < -0.3 is 15.8 Å². The predicted molar refractivity (Wildman–Crippen MR) is 66.1 cm³/mol. The molecule has 0 aliphatic carbocycles. The third-order valence-corrected chi connectivity index (χ3v) is 2.13. The van der Waals surface area contributed by atoms with E-state index >= 15 is 0 Å². The first-order valence-electron chi connectivity index (χ1n) is 6.08. The molecule has 1 unspecified atom stereocenters. The number of nitrogens with two attached hydrogens (primary N) is 1. The molecule has 0 aliphatic heterocycles. The third-order valence-electron chi connectivity index (χ3n) is 2.13. The second kappa shape index (κ2) is 8.53. The van der Waals surface area contributed by atoms with Crippen LogP contribution in [0.15, 0.2) is 0 Å². The molecule has 16 heavy (non-hydrogen) atoms. The molecule has 0 heterocycles. The van der Waals surface area contributed by atoms with Crippen LogP contribution >= 0.6 is 0 Å². The first-order chi connectivity index (χ1) is 7.43. The molecule has 1 amide bonds. The monoisotopic (exact) mass is 230 g/mol. The van der Waals surface area contributed by atoms with Crippen molar-refractivity contribution in [3.8, 4) is 0 Å². The van der Waals surface area contributed by atoms with Crippen LogP contribution in [-0.4, -0.2) is 31.2 Å². The molecule has 0 rings (SSSR count). The van der Waals surface area contributed by atoms with E-state index in [9.17, 15) is 4.79 Å². The normalized spacial score (nSPS) is 13.2. The number of carbonyl (C=O) groups excluding carboxylic acids is 1. The SMILES string of the molecule is CC(C)CC(N)C(=O)NCCCOC(C)C. The van der Waals surface area contributed by atoms with Gasteiger partial charge >= 0.3 is 0 Å². The van der Waals surface area contributed by atoms with Crippen molar-refractivity contribution in [2.24, 2.45) is 11.7 Å². The topological polar surface area (TPSA) is 64.4 Å². The average molecular weight is 230 g/mol. The summed E-state index contributed by atoms with van der Waals surface area (Å²) < 4.78 is 5.37. The number of nitrogens with one attached hydrogen (secondary N) is 1. The summed E-state index contributed by atoms with van der Waals surface area (Å²) in [5.74, 6) is 0.392. The van der Waals surface area contributed by atoms with E-state index in [2.05, 4.69) is 19.2 Å². The first-order valence-corrected chi connectivity index (χ1v) is 6.08. The summed E-state index contributed by atoms with van der Waals surface area (Å²) in [6.07, 6.45) is 1.81. The fraction of sp³-hybridized carbons (Fsp3) is 0.917. The van der Waals surface area contributed by atoms with Gasteiger partial charge in [-0.2, -0.15) is 0 Å². The van der Waals surface area contributed by atoms with Gasteiger partial charge in [0.05, 0.1) is 12.1 Å². The smallest absolute Gasteiger partial charge is 0.236 e. The molecule has 0 saturated heterocycles. The van der Waals surface area contributed by atoms with Crippen LogP contribution in [0.1, 0.15) is 40.5 Å². The van der Waals surface area contributed by atoms with Gasteiger partial charge in [-0.25, -0.2) is 0 Å². The highest BCUT2D eigenvalue weighted by atomic mass is 16.5. The molecular formula is C12H26N2O2. The summed E-state index contributed by atoms with van der Waals surface area (Å²) in [6, 6.07) is -0.383. The summed E-state index contributed by atoms with van der Waals surface area (Å²) >= 11 is 0. The van der Waals surface area contributed by atoms with Crippen molar-refractivity contribution in [1.29, 1.82) is 0 Å². The van der Waals surface area contributed by atoms with Gasteiger partial charge in [0.1, 0.15) is 0 Å². The van der Waals surface area contributed by atoms with E-state index in [4.69, 9.17) is 10.5 Å². The number of amides is 1. The lowest BCUT2D eigenvalue weighted by atomic mass is 10.0. The van der Waals surface area contributed by atoms with Crippen LogP contribution in [0.3, 0.4) is 0 Å². The van der Waals surface area contributed by atoms with E-state index in [1.54, 1.807) is 0 Å². The molecule has 96 valence electrons. The van der Waals surface area contributed by atoms with Crippen molar-refractivity contribution in [3.05, 3.63) is 0 Å². The van der Waals surface area contributed by atoms with E-state index in [0.717, 1.165) is 12.8 Å². The molecule has 3 N–H and O–H groups in total. The van der Waals surface area contributed by atoms with Gasteiger partial charge in [-0.15, -0.1) is 0 Å². The largest absolute Gasteiger partial charge is 0.379 e. The van der Waals surface area contributed by atoms with Crippen molar-refractivity contribution in [2.75, 3.05) is 13.2 Å². The minimum Gasteiger partial charge on any atom is -0.379 e. The number of carbonyl (C=O) groups is 1. The zero-order valence-corrected chi connectivity index (χ0v) is 11.0. The summed E-state index contributed by atoms with van der Waals surface area (Å²) in [7, 11) is 0. The molecule has 0 saturated carbocycles. The predicted octanol–water partition coefficient (Wildman–Crippen LogP) is 1.29. The van der Waals surface area contributed by atoms with Crippen LogP contribution in [0, 0.1) is 5.92 Å². The minimum absolute atomic E-state index is 0.0572. The van der Waals surface area contributed by atoms with Crippen LogP contribution in [0.2, 0.25) is 0 Å². The minimum atomic E-state index is -0.383. The maximum Gasteiger partial charge on any atom is 0.236 e. The van der Waals surface area contributed by atoms with E-state index in [1.165, 1.54) is 0 Å². The molecule has 4 heteroatoms. The molecule has 0 fully saturated rings. The summed E-state index contributed by atoms with van der Waals surface area (Å²) in [4.78, 5) is 11.5. The maximum atomic E-state index is 11.5. The Morgan fingerprint density at radius 2 is 1.94 bits per heavy atom. The van der Waals surface area contributed by atoms with Crippen LogP contribution in [-0.2, 0) is 9.53 Å². The number of hydrogen-bond donors (Lipinski definition) is 2. The Labute approximate surface area is 98.9 Å². The molecule has 0 aromatic heterocycles. The zero-order chi connectivity index (χ0) is 12.6. The molecule has 0 aromatic carbocycles. The summed E-state index contributed by atoms with van der Waals surface area (Å²) in [5, 5.41) is 2.82. The van der Waals surface area contributed by atoms with Crippen LogP contribution < -0.4 is 11.1 Å². The van der Waals surface area contributed by atoms with Gasteiger partial charge in [-0.05, 0) is 32.6 Å². The number of hydrogen-bond acceptors (Lipinski definition) is 3. The molecule has 0 bridgehead atoms. The molecular weight excluding hydrogens is 204 g/mol. The molecule has 0 aromatic rings. The van der Waals surface area contributed by atoms with Crippen molar-refractivity contribution >= 4 is 5.91 Å². The quantitative estimate of drug-likeness (QED) is 0.618.